The topological polar surface area (TPSA) is 64.7 Å². The molecule has 0 bridgehead atoms. The van der Waals surface area contributed by atoms with Gasteiger partial charge in [0, 0.05) is 29.8 Å². The quantitative estimate of drug-likeness (QED) is 0.866. The molecule has 1 atom stereocenters. The first kappa shape index (κ1) is 11.3. The summed E-state index contributed by atoms with van der Waals surface area (Å²) in [6.45, 7) is 0.756. The molecule has 18 heavy (non-hydrogen) atoms. The summed E-state index contributed by atoms with van der Waals surface area (Å²) in [4.78, 5) is 13.1. The van der Waals surface area contributed by atoms with Gasteiger partial charge in [0.05, 0.1) is 0 Å². The molecule has 0 amide bonds. The van der Waals surface area contributed by atoms with Gasteiger partial charge in [0.15, 0.2) is 5.82 Å². The van der Waals surface area contributed by atoms with E-state index in [0.717, 1.165) is 37.2 Å². The first-order valence-electron chi connectivity index (χ1n) is 6.32. The lowest BCUT2D eigenvalue weighted by Gasteiger charge is -2.22. The van der Waals surface area contributed by atoms with Crippen molar-refractivity contribution in [3.8, 4) is 11.4 Å². The van der Waals surface area contributed by atoms with Crippen molar-refractivity contribution < 1.29 is 0 Å². The van der Waals surface area contributed by atoms with Crippen LogP contribution >= 0.6 is 0 Å². The molecule has 0 saturated carbocycles. The number of aryl methyl sites for hydroxylation is 1. The summed E-state index contributed by atoms with van der Waals surface area (Å²) in [7, 11) is 0. The van der Waals surface area contributed by atoms with Crippen molar-refractivity contribution in [2.24, 2.45) is 11.7 Å². The summed E-state index contributed by atoms with van der Waals surface area (Å²) in [6, 6.07) is 3.88. The number of nitrogens with two attached hydrogens (primary N) is 1. The number of hydrogen-bond acceptors (Lipinski definition) is 4. The third kappa shape index (κ3) is 2.11. The van der Waals surface area contributed by atoms with Gasteiger partial charge in [-0.3, -0.25) is 4.98 Å². The summed E-state index contributed by atoms with van der Waals surface area (Å²) in [5.41, 5.74) is 9.20. The maximum Gasteiger partial charge on any atom is 0.159 e. The molecule has 0 radical (unpaired) electrons. The fourth-order valence-electron chi connectivity index (χ4n) is 2.42. The Kier molecular flexibility index (Phi) is 3.02. The Bertz CT molecular complexity index is 539. The van der Waals surface area contributed by atoms with Crippen molar-refractivity contribution in [1.29, 1.82) is 0 Å². The third-order valence-corrected chi connectivity index (χ3v) is 3.52. The van der Waals surface area contributed by atoms with Crippen LogP contribution in [0.25, 0.3) is 11.4 Å². The smallest absolute Gasteiger partial charge is 0.159 e. The van der Waals surface area contributed by atoms with E-state index in [9.17, 15) is 0 Å². The minimum Gasteiger partial charge on any atom is -0.330 e. The second kappa shape index (κ2) is 4.82. The molecule has 1 aliphatic carbocycles. The predicted octanol–water partition coefficient (Wildman–Crippen LogP) is 1.60. The van der Waals surface area contributed by atoms with Crippen LogP contribution in [0.15, 0.2) is 30.7 Å². The molecule has 4 heteroatoms. The van der Waals surface area contributed by atoms with E-state index >= 15 is 0 Å². The first-order valence-corrected chi connectivity index (χ1v) is 6.32. The molecule has 0 aromatic carbocycles. The molecule has 2 aromatic heterocycles. The Hall–Kier alpha value is -1.81. The van der Waals surface area contributed by atoms with Gasteiger partial charge in [-0.2, -0.15) is 0 Å². The van der Waals surface area contributed by atoms with Crippen molar-refractivity contribution in [3.05, 3.63) is 42.0 Å². The van der Waals surface area contributed by atoms with E-state index in [1.54, 1.807) is 12.4 Å². The van der Waals surface area contributed by atoms with Gasteiger partial charge in [0.25, 0.3) is 0 Å². The fourth-order valence-corrected chi connectivity index (χ4v) is 2.42. The average molecular weight is 240 g/mol. The Morgan fingerprint density at radius 3 is 2.89 bits per heavy atom. The van der Waals surface area contributed by atoms with Gasteiger partial charge in [-0.25, -0.2) is 9.97 Å². The van der Waals surface area contributed by atoms with Crippen molar-refractivity contribution in [3.63, 3.8) is 0 Å². The maximum atomic E-state index is 5.73. The molecule has 0 fully saturated rings. The van der Waals surface area contributed by atoms with E-state index in [4.69, 9.17) is 5.73 Å². The molecule has 4 nitrogen and oxygen atoms in total. The van der Waals surface area contributed by atoms with E-state index in [0.29, 0.717) is 5.92 Å². The Balaban J connectivity index is 1.93. The summed E-state index contributed by atoms with van der Waals surface area (Å²) in [5.74, 6) is 1.38. The minimum atomic E-state index is 0.591. The SMILES string of the molecule is NCC1CCc2nc(-c3ccncc3)ncc2C1. The van der Waals surface area contributed by atoms with Gasteiger partial charge in [0.2, 0.25) is 0 Å². The fraction of sp³-hybridized carbons (Fsp3) is 0.357. The van der Waals surface area contributed by atoms with Crippen LogP contribution < -0.4 is 5.73 Å². The molecule has 92 valence electrons. The highest BCUT2D eigenvalue weighted by Crippen LogP contribution is 2.25. The van der Waals surface area contributed by atoms with Crippen LogP contribution in [0.2, 0.25) is 0 Å². The average Bonchev–Trinajstić information content (AvgIpc) is 2.47. The molecule has 1 unspecified atom stereocenters. The molecule has 2 heterocycles. The van der Waals surface area contributed by atoms with Crippen LogP contribution in [0.1, 0.15) is 17.7 Å². The largest absolute Gasteiger partial charge is 0.330 e. The molecule has 2 aromatic rings. The van der Waals surface area contributed by atoms with Crippen molar-refractivity contribution >= 4 is 0 Å². The maximum absolute atomic E-state index is 5.73. The van der Waals surface area contributed by atoms with Gasteiger partial charge in [-0.15, -0.1) is 0 Å². The second-order valence-electron chi connectivity index (χ2n) is 4.75. The second-order valence-corrected chi connectivity index (χ2v) is 4.75. The monoisotopic (exact) mass is 240 g/mol. The molecule has 0 aliphatic heterocycles. The number of pyridine rings is 1. The predicted molar refractivity (Wildman–Crippen MR) is 69.8 cm³/mol. The number of fused-ring (bicyclic) bond motifs is 1. The Morgan fingerprint density at radius 1 is 1.28 bits per heavy atom. The third-order valence-electron chi connectivity index (χ3n) is 3.52. The van der Waals surface area contributed by atoms with Crippen molar-refractivity contribution in [2.75, 3.05) is 6.54 Å². The highest BCUT2D eigenvalue weighted by molar-refractivity contribution is 5.54. The van der Waals surface area contributed by atoms with E-state index in [1.807, 2.05) is 18.3 Å². The van der Waals surface area contributed by atoms with E-state index < -0.39 is 0 Å². The minimum absolute atomic E-state index is 0.591. The number of hydrogen-bond donors (Lipinski definition) is 1. The van der Waals surface area contributed by atoms with Crippen LogP contribution in [0, 0.1) is 5.92 Å². The summed E-state index contributed by atoms with van der Waals surface area (Å²) in [5, 5.41) is 0. The Labute approximate surface area is 106 Å². The van der Waals surface area contributed by atoms with Gasteiger partial charge in [-0.05, 0) is 49.4 Å². The lowest BCUT2D eigenvalue weighted by molar-refractivity contribution is 0.462. The van der Waals surface area contributed by atoms with Crippen LogP contribution in [0.5, 0.6) is 0 Å². The highest BCUT2D eigenvalue weighted by Gasteiger charge is 2.19. The van der Waals surface area contributed by atoms with Gasteiger partial charge in [-0.1, -0.05) is 0 Å². The summed E-state index contributed by atoms with van der Waals surface area (Å²) < 4.78 is 0. The van der Waals surface area contributed by atoms with Crippen molar-refractivity contribution in [2.45, 2.75) is 19.3 Å². The summed E-state index contributed by atoms with van der Waals surface area (Å²) >= 11 is 0. The zero-order valence-corrected chi connectivity index (χ0v) is 10.2. The Morgan fingerprint density at radius 2 is 2.11 bits per heavy atom. The van der Waals surface area contributed by atoms with E-state index in [1.165, 1.54) is 11.3 Å². The molecule has 0 spiro atoms. The first-order chi connectivity index (χ1) is 8.86. The zero-order chi connectivity index (χ0) is 12.4. The van der Waals surface area contributed by atoms with E-state index in [2.05, 4.69) is 15.0 Å². The molecule has 2 N–H and O–H groups in total. The van der Waals surface area contributed by atoms with Crippen molar-refractivity contribution in [1.82, 2.24) is 15.0 Å². The van der Waals surface area contributed by atoms with Gasteiger partial charge in [0.1, 0.15) is 0 Å². The van der Waals surface area contributed by atoms with Crippen LogP contribution in [0.4, 0.5) is 0 Å². The molecular weight excluding hydrogens is 224 g/mol. The normalized spacial score (nSPS) is 18.4. The standard InChI is InChI=1S/C14H16N4/c15-8-10-1-2-13-12(7-10)9-17-14(18-13)11-3-5-16-6-4-11/h3-6,9-10H,1-2,7-8,15H2. The lowest BCUT2D eigenvalue weighted by atomic mass is 9.87. The number of nitrogens with zero attached hydrogens (tertiary/aromatic N) is 3. The van der Waals surface area contributed by atoms with Crippen LogP contribution in [0.3, 0.4) is 0 Å². The molecular formula is C14H16N4. The lowest BCUT2D eigenvalue weighted by Crippen LogP contribution is -2.23. The zero-order valence-electron chi connectivity index (χ0n) is 10.2. The van der Waals surface area contributed by atoms with Gasteiger partial charge >= 0.3 is 0 Å². The summed E-state index contributed by atoms with van der Waals surface area (Å²) in [6.07, 6.45) is 8.65. The highest BCUT2D eigenvalue weighted by atomic mass is 14.9. The van der Waals surface area contributed by atoms with Gasteiger partial charge < -0.3 is 5.73 Å². The number of rotatable bonds is 2. The van der Waals surface area contributed by atoms with Crippen LogP contribution in [-0.2, 0) is 12.8 Å². The van der Waals surface area contributed by atoms with E-state index in [-0.39, 0.29) is 0 Å². The molecule has 0 saturated heterocycles. The molecule has 1 aliphatic rings. The van der Waals surface area contributed by atoms with Crippen LogP contribution in [-0.4, -0.2) is 21.5 Å². The number of aromatic nitrogens is 3. The molecule has 3 rings (SSSR count).